The van der Waals surface area contributed by atoms with Crippen LogP contribution in [-0.4, -0.2) is 14.5 Å². The van der Waals surface area contributed by atoms with Crippen molar-refractivity contribution in [1.82, 2.24) is 14.5 Å². The van der Waals surface area contributed by atoms with Crippen LogP contribution in [0.5, 0.6) is 0 Å². The Hall–Kier alpha value is -2.10. The molecule has 0 aliphatic carbocycles. The molecule has 3 nitrogen and oxygen atoms in total. The molecule has 0 bridgehead atoms. The minimum Gasteiger partial charge on any atom is -0.363 e. The quantitative estimate of drug-likeness (QED) is 0.852. The lowest BCUT2D eigenvalue weighted by molar-refractivity contribution is 0.217. The maximum absolute atomic E-state index is 13.4. The summed E-state index contributed by atoms with van der Waals surface area (Å²) in [5, 5.41) is 0. The van der Waals surface area contributed by atoms with E-state index in [0.717, 1.165) is 24.4 Å². The van der Waals surface area contributed by atoms with E-state index in [1.54, 1.807) is 13.0 Å². The number of aryl methyl sites for hydroxylation is 1. The van der Waals surface area contributed by atoms with Crippen LogP contribution in [-0.2, 0) is 13.1 Å². The van der Waals surface area contributed by atoms with Gasteiger partial charge in [-0.05, 0) is 30.0 Å². The van der Waals surface area contributed by atoms with Gasteiger partial charge in [-0.2, -0.15) is 0 Å². The molecule has 3 rings (SSSR count). The van der Waals surface area contributed by atoms with Crippen LogP contribution in [0.15, 0.2) is 43.0 Å². The highest BCUT2D eigenvalue weighted by Gasteiger charge is 2.30. The van der Waals surface area contributed by atoms with Crippen molar-refractivity contribution in [2.75, 3.05) is 0 Å². The molecule has 1 aromatic heterocycles. The highest BCUT2D eigenvalue weighted by atomic mass is 19.1. The lowest BCUT2D eigenvalue weighted by atomic mass is 9.97. The molecule has 1 aliphatic heterocycles. The summed E-state index contributed by atoms with van der Waals surface area (Å²) in [5.41, 5.74) is 4.09. The zero-order valence-electron chi connectivity index (χ0n) is 13.4. The van der Waals surface area contributed by atoms with Crippen molar-refractivity contribution in [1.29, 1.82) is 0 Å². The standard InChI is InChI=1S/C18H22FN3/c1-12(2)18-14(4)21(10-16-8-20-11-22(16)18)9-15-5-6-17(19)13(3)7-15/h5-8,11-12,18H,4,9-10H2,1-3H3. The molecule has 22 heavy (non-hydrogen) atoms. The Morgan fingerprint density at radius 2 is 2.18 bits per heavy atom. The number of hydrogen-bond donors (Lipinski definition) is 0. The normalized spacial score (nSPS) is 18.0. The van der Waals surface area contributed by atoms with Crippen molar-refractivity contribution in [2.45, 2.75) is 39.9 Å². The third kappa shape index (κ3) is 2.54. The Balaban J connectivity index is 1.88. The van der Waals surface area contributed by atoms with Crippen LogP contribution < -0.4 is 0 Å². The Kier molecular flexibility index (Phi) is 3.77. The molecular formula is C18H22FN3. The number of fused-ring (bicyclic) bond motifs is 1. The minimum absolute atomic E-state index is 0.153. The molecule has 116 valence electrons. The first-order valence-electron chi connectivity index (χ1n) is 7.67. The van der Waals surface area contributed by atoms with E-state index in [2.05, 4.69) is 34.9 Å². The Morgan fingerprint density at radius 3 is 2.86 bits per heavy atom. The average Bonchev–Trinajstić information content (AvgIpc) is 2.90. The van der Waals surface area contributed by atoms with Crippen molar-refractivity contribution in [3.63, 3.8) is 0 Å². The smallest absolute Gasteiger partial charge is 0.126 e. The second-order valence-electron chi connectivity index (χ2n) is 6.41. The molecule has 0 amide bonds. The number of benzene rings is 1. The molecule has 0 N–H and O–H groups in total. The van der Waals surface area contributed by atoms with Gasteiger partial charge in [0.05, 0.1) is 24.6 Å². The molecule has 1 unspecified atom stereocenters. The van der Waals surface area contributed by atoms with Gasteiger partial charge in [0.2, 0.25) is 0 Å². The van der Waals surface area contributed by atoms with Crippen LogP contribution in [0.4, 0.5) is 4.39 Å². The second kappa shape index (κ2) is 5.59. The van der Waals surface area contributed by atoms with Crippen LogP contribution in [0.25, 0.3) is 0 Å². The number of nitrogens with zero attached hydrogens (tertiary/aromatic N) is 3. The number of allylic oxidation sites excluding steroid dienone is 1. The highest BCUT2D eigenvalue weighted by Crippen LogP contribution is 2.35. The van der Waals surface area contributed by atoms with Gasteiger partial charge in [0.15, 0.2) is 0 Å². The zero-order chi connectivity index (χ0) is 15.9. The second-order valence-corrected chi connectivity index (χ2v) is 6.41. The molecule has 0 fully saturated rings. The largest absolute Gasteiger partial charge is 0.363 e. The SMILES string of the molecule is C=C1C(C(C)C)n2cncc2CN1Cc1ccc(F)c(C)c1. The van der Waals surface area contributed by atoms with Crippen LogP contribution in [0.2, 0.25) is 0 Å². The van der Waals surface area contributed by atoms with Crippen LogP contribution in [0.1, 0.15) is 36.7 Å². The molecule has 2 heterocycles. The zero-order valence-corrected chi connectivity index (χ0v) is 13.4. The molecule has 1 aliphatic rings. The third-order valence-corrected chi connectivity index (χ3v) is 4.37. The van der Waals surface area contributed by atoms with Gasteiger partial charge in [-0.25, -0.2) is 9.37 Å². The number of aromatic nitrogens is 2. The van der Waals surface area contributed by atoms with Gasteiger partial charge in [-0.3, -0.25) is 0 Å². The summed E-state index contributed by atoms with van der Waals surface area (Å²) >= 11 is 0. The summed E-state index contributed by atoms with van der Waals surface area (Å²) in [6, 6.07) is 5.54. The van der Waals surface area contributed by atoms with Crippen LogP contribution in [0.3, 0.4) is 0 Å². The summed E-state index contributed by atoms with van der Waals surface area (Å²) in [5.74, 6) is 0.289. The van der Waals surface area contributed by atoms with E-state index in [-0.39, 0.29) is 11.9 Å². The fourth-order valence-electron chi connectivity index (χ4n) is 3.24. The lowest BCUT2D eigenvalue weighted by Gasteiger charge is -2.40. The number of hydrogen-bond acceptors (Lipinski definition) is 2. The van der Waals surface area contributed by atoms with Crippen molar-refractivity contribution in [3.05, 3.63) is 65.6 Å². The predicted molar refractivity (Wildman–Crippen MR) is 85.6 cm³/mol. The monoisotopic (exact) mass is 299 g/mol. The van der Waals surface area contributed by atoms with E-state index in [0.29, 0.717) is 11.5 Å². The third-order valence-electron chi connectivity index (χ3n) is 4.37. The predicted octanol–water partition coefficient (Wildman–Crippen LogP) is 4.06. The van der Waals surface area contributed by atoms with E-state index < -0.39 is 0 Å². The summed E-state index contributed by atoms with van der Waals surface area (Å²) in [6.07, 6.45) is 3.81. The fourth-order valence-corrected chi connectivity index (χ4v) is 3.24. The summed E-state index contributed by atoms with van der Waals surface area (Å²) < 4.78 is 15.7. The Bertz CT molecular complexity index is 702. The van der Waals surface area contributed by atoms with Gasteiger partial charge in [-0.15, -0.1) is 0 Å². The number of rotatable bonds is 3. The molecule has 0 saturated carbocycles. The maximum Gasteiger partial charge on any atom is 0.126 e. The van der Waals surface area contributed by atoms with E-state index >= 15 is 0 Å². The van der Waals surface area contributed by atoms with Gasteiger partial charge in [-0.1, -0.05) is 32.6 Å². The maximum atomic E-state index is 13.4. The van der Waals surface area contributed by atoms with Crippen molar-refractivity contribution in [3.8, 4) is 0 Å². The first-order valence-corrected chi connectivity index (χ1v) is 7.67. The average molecular weight is 299 g/mol. The molecule has 2 aromatic rings. The van der Waals surface area contributed by atoms with Gasteiger partial charge in [0, 0.05) is 18.4 Å². The number of imidazole rings is 1. The lowest BCUT2D eigenvalue weighted by Crippen LogP contribution is -2.36. The highest BCUT2D eigenvalue weighted by molar-refractivity contribution is 5.26. The first kappa shape index (κ1) is 14.8. The van der Waals surface area contributed by atoms with Crippen molar-refractivity contribution < 1.29 is 4.39 Å². The Morgan fingerprint density at radius 1 is 1.41 bits per heavy atom. The molecule has 4 heteroatoms. The van der Waals surface area contributed by atoms with Gasteiger partial charge >= 0.3 is 0 Å². The van der Waals surface area contributed by atoms with Crippen LogP contribution >= 0.6 is 0 Å². The van der Waals surface area contributed by atoms with E-state index in [1.807, 2.05) is 24.7 Å². The van der Waals surface area contributed by atoms with Crippen molar-refractivity contribution in [2.24, 2.45) is 5.92 Å². The van der Waals surface area contributed by atoms with E-state index in [4.69, 9.17) is 0 Å². The summed E-state index contributed by atoms with van der Waals surface area (Å²) in [4.78, 5) is 6.56. The van der Waals surface area contributed by atoms with Crippen LogP contribution in [0, 0.1) is 18.7 Å². The van der Waals surface area contributed by atoms with E-state index in [1.165, 1.54) is 5.69 Å². The molecule has 1 atom stereocenters. The first-order chi connectivity index (χ1) is 10.5. The van der Waals surface area contributed by atoms with Crippen molar-refractivity contribution >= 4 is 0 Å². The van der Waals surface area contributed by atoms with Gasteiger partial charge in [0.25, 0.3) is 0 Å². The topological polar surface area (TPSA) is 21.1 Å². The summed E-state index contributed by atoms with van der Waals surface area (Å²) in [7, 11) is 0. The van der Waals surface area contributed by atoms with Gasteiger partial charge in [0.1, 0.15) is 5.82 Å². The van der Waals surface area contributed by atoms with E-state index in [9.17, 15) is 4.39 Å². The fraction of sp³-hybridized carbons (Fsp3) is 0.389. The molecule has 1 aromatic carbocycles. The summed E-state index contributed by atoms with van der Waals surface area (Å²) in [6.45, 7) is 12.1. The Labute approximate surface area is 131 Å². The minimum atomic E-state index is -0.153. The number of halogens is 1. The molecule has 0 saturated heterocycles. The molecule has 0 spiro atoms. The van der Waals surface area contributed by atoms with Gasteiger partial charge < -0.3 is 9.47 Å². The molecular weight excluding hydrogens is 277 g/mol. The molecule has 0 radical (unpaired) electrons.